The Labute approximate surface area is 175 Å². The van der Waals surface area contributed by atoms with Crippen molar-refractivity contribution in [3.63, 3.8) is 0 Å². The predicted molar refractivity (Wildman–Crippen MR) is 116 cm³/mol. The monoisotopic (exact) mass is 424 g/mol. The van der Waals surface area contributed by atoms with Gasteiger partial charge in [-0.25, -0.2) is 4.79 Å². The average Bonchev–Trinajstić information content (AvgIpc) is 3.16. The molecule has 0 aliphatic rings. The maximum Gasteiger partial charge on any atom is 0.350 e. The Hall–Kier alpha value is -4.21. The highest BCUT2D eigenvalue weighted by Gasteiger charge is 2.15. The topological polar surface area (TPSA) is 120 Å². The van der Waals surface area contributed by atoms with Crippen molar-refractivity contribution in [2.75, 3.05) is 28.4 Å². The Balaban J connectivity index is 1.88. The molecule has 0 aliphatic heterocycles. The minimum Gasteiger partial charge on any atom is -0.497 e. The lowest BCUT2D eigenvalue weighted by molar-refractivity contribution is 0.374. The molecule has 2 aromatic carbocycles. The highest BCUT2D eigenvalue weighted by atomic mass is 16.5. The molecule has 4 rings (SSSR count). The molecule has 0 saturated heterocycles. The first-order valence-corrected chi connectivity index (χ1v) is 9.19. The zero-order valence-electron chi connectivity index (χ0n) is 17.3. The number of aromatic nitrogens is 3. The van der Waals surface area contributed by atoms with E-state index in [0.29, 0.717) is 45.0 Å². The number of H-pyrrole nitrogens is 2. The van der Waals surface area contributed by atoms with Gasteiger partial charge in [0.05, 0.1) is 45.7 Å². The lowest BCUT2D eigenvalue weighted by Crippen LogP contribution is -2.32. The van der Waals surface area contributed by atoms with Crippen LogP contribution in [-0.4, -0.2) is 49.3 Å². The van der Waals surface area contributed by atoms with Crippen molar-refractivity contribution >= 4 is 28.2 Å². The second kappa shape index (κ2) is 7.90. The molecule has 0 unspecified atom stereocenters. The molecule has 0 spiro atoms. The molecule has 10 heteroatoms. The maximum absolute atomic E-state index is 13.0. The van der Waals surface area contributed by atoms with Gasteiger partial charge in [0.25, 0.3) is 0 Å². The van der Waals surface area contributed by atoms with Crippen molar-refractivity contribution in [1.82, 2.24) is 14.6 Å². The summed E-state index contributed by atoms with van der Waals surface area (Å²) >= 11 is 0. The van der Waals surface area contributed by atoms with E-state index in [1.165, 1.54) is 27.5 Å². The summed E-state index contributed by atoms with van der Waals surface area (Å²) in [6.07, 6.45) is 1.32. The molecule has 4 aromatic rings. The van der Waals surface area contributed by atoms with Gasteiger partial charge in [-0.1, -0.05) is 0 Å². The number of ether oxygens (including phenoxy) is 4. The Morgan fingerprint density at radius 1 is 0.839 bits per heavy atom. The van der Waals surface area contributed by atoms with Crippen LogP contribution in [0.25, 0.3) is 21.9 Å². The molecule has 2 N–H and O–H groups in total. The van der Waals surface area contributed by atoms with Crippen molar-refractivity contribution in [2.24, 2.45) is 5.10 Å². The fraction of sp³-hybridized carbons (Fsp3) is 0.190. The molecule has 2 aromatic heterocycles. The van der Waals surface area contributed by atoms with Gasteiger partial charge in [-0.15, -0.1) is 4.68 Å². The number of rotatable bonds is 6. The lowest BCUT2D eigenvalue weighted by atomic mass is 10.2. The molecule has 0 amide bonds. The molecule has 0 aliphatic carbocycles. The van der Waals surface area contributed by atoms with Crippen LogP contribution in [0.4, 0.5) is 0 Å². The smallest absolute Gasteiger partial charge is 0.350 e. The summed E-state index contributed by atoms with van der Waals surface area (Å²) < 4.78 is 21.9. The van der Waals surface area contributed by atoms with Crippen molar-refractivity contribution in [2.45, 2.75) is 0 Å². The van der Waals surface area contributed by atoms with Crippen LogP contribution in [-0.2, 0) is 0 Å². The standard InChI is InChI=1S/C21H20N4O6/c1-28-11-5-6-15-13(7-11)18-19(23-15)20(26)25(21(27)24-18)22-10-14-16(30-3)8-12(29-2)9-17(14)31-4/h5-10,23H,1-4H3,(H,24,27)/b22-10+. The van der Waals surface area contributed by atoms with Crippen LogP contribution in [0.5, 0.6) is 23.0 Å². The van der Waals surface area contributed by atoms with E-state index in [2.05, 4.69) is 15.1 Å². The number of nitrogens with zero attached hydrogens (tertiary/aromatic N) is 2. The van der Waals surface area contributed by atoms with Crippen LogP contribution in [0.15, 0.2) is 45.0 Å². The van der Waals surface area contributed by atoms with E-state index in [4.69, 9.17) is 18.9 Å². The van der Waals surface area contributed by atoms with Crippen LogP contribution < -0.4 is 30.2 Å². The molecule has 160 valence electrons. The third-order valence-corrected chi connectivity index (χ3v) is 4.89. The first-order valence-electron chi connectivity index (χ1n) is 9.19. The van der Waals surface area contributed by atoms with Crippen molar-refractivity contribution < 1.29 is 18.9 Å². The zero-order chi connectivity index (χ0) is 22.1. The molecule has 0 saturated carbocycles. The van der Waals surface area contributed by atoms with Gasteiger partial charge >= 0.3 is 11.2 Å². The van der Waals surface area contributed by atoms with E-state index in [9.17, 15) is 9.59 Å². The summed E-state index contributed by atoms with van der Waals surface area (Å²) in [5, 5.41) is 4.76. The first-order chi connectivity index (χ1) is 15.0. The molecular formula is C21H20N4O6. The fourth-order valence-corrected chi connectivity index (χ4v) is 3.33. The van der Waals surface area contributed by atoms with E-state index < -0.39 is 11.2 Å². The van der Waals surface area contributed by atoms with Gasteiger partial charge < -0.3 is 28.9 Å². The van der Waals surface area contributed by atoms with Gasteiger partial charge in [0.15, 0.2) is 0 Å². The van der Waals surface area contributed by atoms with Crippen LogP contribution in [0.1, 0.15) is 5.56 Å². The Morgan fingerprint density at radius 2 is 1.52 bits per heavy atom. The summed E-state index contributed by atoms with van der Waals surface area (Å²) in [4.78, 5) is 31.4. The Morgan fingerprint density at radius 3 is 2.13 bits per heavy atom. The van der Waals surface area contributed by atoms with Gasteiger partial charge in [-0.05, 0) is 18.2 Å². The Kier molecular flexibility index (Phi) is 5.12. The molecule has 31 heavy (non-hydrogen) atoms. The van der Waals surface area contributed by atoms with Crippen LogP contribution in [0.3, 0.4) is 0 Å². The molecular weight excluding hydrogens is 404 g/mol. The molecule has 10 nitrogen and oxygen atoms in total. The number of fused-ring (bicyclic) bond motifs is 3. The van der Waals surface area contributed by atoms with E-state index in [0.717, 1.165) is 4.68 Å². The average molecular weight is 424 g/mol. The highest BCUT2D eigenvalue weighted by molar-refractivity contribution is 6.04. The summed E-state index contributed by atoms with van der Waals surface area (Å²) in [7, 11) is 6.03. The first kappa shape index (κ1) is 20.1. The molecule has 0 bridgehead atoms. The molecule has 2 heterocycles. The van der Waals surface area contributed by atoms with Crippen LogP contribution >= 0.6 is 0 Å². The predicted octanol–water partition coefficient (Wildman–Crippen LogP) is 2.09. The molecule has 0 fully saturated rings. The van der Waals surface area contributed by atoms with E-state index in [1.807, 2.05) is 0 Å². The summed E-state index contributed by atoms with van der Waals surface area (Å²) in [6, 6.07) is 8.56. The lowest BCUT2D eigenvalue weighted by Gasteiger charge is -2.12. The summed E-state index contributed by atoms with van der Waals surface area (Å²) in [5.74, 6) is 1.94. The molecule has 0 atom stereocenters. The normalized spacial score (nSPS) is 11.4. The summed E-state index contributed by atoms with van der Waals surface area (Å²) in [6.45, 7) is 0. The number of methoxy groups -OCH3 is 4. The highest BCUT2D eigenvalue weighted by Crippen LogP contribution is 2.32. The fourth-order valence-electron chi connectivity index (χ4n) is 3.33. The van der Waals surface area contributed by atoms with Crippen molar-refractivity contribution in [1.29, 1.82) is 0 Å². The van der Waals surface area contributed by atoms with E-state index in [1.54, 1.807) is 37.4 Å². The number of hydrogen-bond acceptors (Lipinski definition) is 7. The third kappa shape index (κ3) is 3.37. The maximum atomic E-state index is 13.0. The SMILES string of the molecule is COc1cc(OC)c(/C=N/n2c(=O)[nH]c3c([nH]c4ccc(OC)cc43)c2=O)c(OC)c1. The van der Waals surface area contributed by atoms with Gasteiger partial charge in [-0.2, -0.15) is 5.10 Å². The molecule has 0 radical (unpaired) electrons. The van der Waals surface area contributed by atoms with Gasteiger partial charge in [-0.3, -0.25) is 4.79 Å². The number of aromatic amines is 2. The number of hydrogen-bond donors (Lipinski definition) is 2. The number of nitrogens with one attached hydrogen (secondary N) is 2. The second-order valence-electron chi connectivity index (χ2n) is 6.52. The van der Waals surface area contributed by atoms with Crippen LogP contribution in [0.2, 0.25) is 0 Å². The van der Waals surface area contributed by atoms with E-state index >= 15 is 0 Å². The van der Waals surface area contributed by atoms with Gasteiger partial charge in [0.1, 0.15) is 28.5 Å². The third-order valence-electron chi connectivity index (χ3n) is 4.89. The van der Waals surface area contributed by atoms with Crippen LogP contribution in [0, 0.1) is 0 Å². The second-order valence-corrected chi connectivity index (χ2v) is 6.52. The van der Waals surface area contributed by atoms with E-state index in [-0.39, 0.29) is 5.52 Å². The number of benzene rings is 2. The largest absolute Gasteiger partial charge is 0.497 e. The van der Waals surface area contributed by atoms with Crippen molar-refractivity contribution in [3.05, 3.63) is 56.7 Å². The summed E-state index contributed by atoms with van der Waals surface area (Å²) in [5.41, 5.74) is 0.437. The minimum absolute atomic E-state index is 0.216. The zero-order valence-corrected chi connectivity index (χ0v) is 17.3. The van der Waals surface area contributed by atoms with Gasteiger partial charge in [0.2, 0.25) is 0 Å². The minimum atomic E-state index is -0.691. The quantitative estimate of drug-likeness (QED) is 0.458. The Bertz CT molecular complexity index is 1400. The van der Waals surface area contributed by atoms with Gasteiger partial charge in [0, 0.05) is 23.0 Å². The van der Waals surface area contributed by atoms with Crippen molar-refractivity contribution in [3.8, 4) is 23.0 Å².